The van der Waals surface area contributed by atoms with Gasteiger partial charge in [0.2, 0.25) is 0 Å². The van der Waals surface area contributed by atoms with Crippen LogP contribution in [0, 0.1) is 6.92 Å². The maximum absolute atomic E-state index is 12.9. The average Bonchev–Trinajstić information content (AvgIpc) is 3.29. The molecule has 0 bridgehead atoms. The summed E-state index contributed by atoms with van der Waals surface area (Å²) in [6.45, 7) is 8.34. The lowest BCUT2D eigenvalue weighted by Crippen LogP contribution is -2.39. The number of anilines is 3. The number of halogens is 2. The lowest BCUT2D eigenvalue weighted by atomic mass is 10.0. The minimum absolute atomic E-state index is 0.212. The number of allylic oxidation sites excluding steroid dienone is 1. The van der Waals surface area contributed by atoms with E-state index in [2.05, 4.69) is 38.3 Å². The third-order valence-corrected chi connectivity index (χ3v) is 6.49. The fraction of sp³-hybridized carbons (Fsp3) is 0.292. The smallest absolute Gasteiger partial charge is 0.358 e. The molecule has 0 saturated carbocycles. The number of esters is 1. The zero-order chi connectivity index (χ0) is 25.3. The summed E-state index contributed by atoms with van der Waals surface area (Å²) in [5.41, 5.74) is 6.96. The molecule has 9 nitrogen and oxygen atoms in total. The van der Waals surface area contributed by atoms with Crippen LogP contribution in [0.15, 0.2) is 47.7 Å². The molecule has 2 aromatic heterocycles. The van der Waals surface area contributed by atoms with Crippen molar-refractivity contribution in [3.63, 3.8) is 0 Å². The van der Waals surface area contributed by atoms with Gasteiger partial charge in [-0.2, -0.15) is 0 Å². The molecule has 1 aliphatic heterocycles. The monoisotopic (exact) mass is 559 g/mol. The van der Waals surface area contributed by atoms with Gasteiger partial charge in [0.05, 0.1) is 18.3 Å². The van der Waals surface area contributed by atoms with Crippen LogP contribution >= 0.6 is 27.5 Å². The number of ether oxygens (including phenoxy) is 1. The van der Waals surface area contributed by atoms with E-state index in [4.69, 9.17) is 21.3 Å². The Bertz CT molecular complexity index is 1260. The molecule has 0 amide bonds. The molecule has 0 spiro atoms. The van der Waals surface area contributed by atoms with E-state index in [9.17, 15) is 4.79 Å². The molecule has 0 fully saturated rings. The first-order chi connectivity index (χ1) is 16.7. The van der Waals surface area contributed by atoms with E-state index < -0.39 is 12.0 Å². The summed E-state index contributed by atoms with van der Waals surface area (Å²) in [5, 5.41) is 7.93. The Hall–Kier alpha value is -3.08. The van der Waals surface area contributed by atoms with E-state index in [1.807, 2.05) is 65.9 Å². The highest BCUT2D eigenvalue weighted by Gasteiger charge is 2.31. The molecule has 35 heavy (non-hydrogen) atoms. The Morgan fingerprint density at radius 2 is 2.00 bits per heavy atom. The Morgan fingerprint density at radius 3 is 2.66 bits per heavy atom. The van der Waals surface area contributed by atoms with Crippen molar-refractivity contribution in [3.05, 3.63) is 75.3 Å². The Kier molecular flexibility index (Phi) is 7.34. The topological polar surface area (TPSA) is 87.5 Å². The molecule has 1 unspecified atom stereocenters. The van der Waals surface area contributed by atoms with Gasteiger partial charge >= 0.3 is 5.97 Å². The number of aryl methyl sites for hydroxylation is 1. The summed E-state index contributed by atoms with van der Waals surface area (Å²) in [6.07, 6.45) is 1.75. The molecule has 3 aromatic rings. The van der Waals surface area contributed by atoms with Crippen molar-refractivity contribution in [2.45, 2.75) is 26.4 Å². The van der Waals surface area contributed by atoms with Gasteiger partial charge in [-0.1, -0.05) is 29.8 Å². The maximum atomic E-state index is 12.9. The lowest BCUT2D eigenvalue weighted by molar-refractivity contribution is 0.0518. The summed E-state index contributed by atoms with van der Waals surface area (Å²) in [6, 6.07) is 8.94. The third-order valence-electron chi connectivity index (χ3n) is 5.63. The normalized spacial score (nSPS) is 13.5. The first-order valence-electron chi connectivity index (χ1n) is 11.1. The van der Waals surface area contributed by atoms with Gasteiger partial charge in [-0.3, -0.25) is 10.0 Å². The molecular weight excluding hydrogens is 534 g/mol. The molecule has 2 N–H and O–H groups in total. The fourth-order valence-corrected chi connectivity index (χ4v) is 4.83. The van der Waals surface area contributed by atoms with Gasteiger partial charge in [-0.05, 0) is 59.1 Å². The van der Waals surface area contributed by atoms with Gasteiger partial charge in [0, 0.05) is 25.7 Å². The van der Waals surface area contributed by atoms with E-state index in [0.717, 1.165) is 22.6 Å². The van der Waals surface area contributed by atoms with Crippen molar-refractivity contribution in [1.82, 2.24) is 20.1 Å². The van der Waals surface area contributed by atoms with Crippen LogP contribution in [0.25, 0.3) is 0 Å². The van der Waals surface area contributed by atoms with E-state index >= 15 is 0 Å². The minimum Gasteiger partial charge on any atom is -0.461 e. The largest absolute Gasteiger partial charge is 0.461 e. The van der Waals surface area contributed by atoms with Crippen molar-refractivity contribution in [2.24, 2.45) is 0 Å². The fourth-order valence-electron chi connectivity index (χ4n) is 4.19. The minimum atomic E-state index is -0.504. The van der Waals surface area contributed by atoms with E-state index in [1.165, 1.54) is 0 Å². The number of nitrogens with one attached hydrogen (secondary N) is 2. The van der Waals surface area contributed by atoms with E-state index in [1.54, 1.807) is 13.0 Å². The maximum Gasteiger partial charge on any atom is 0.358 e. The zero-order valence-electron chi connectivity index (χ0n) is 20.0. The van der Waals surface area contributed by atoms with Crippen molar-refractivity contribution in [1.29, 1.82) is 0 Å². The summed E-state index contributed by atoms with van der Waals surface area (Å²) >= 11 is 9.69. The van der Waals surface area contributed by atoms with Crippen LogP contribution in [0.5, 0.6) is 0 Å². The molecule has 0 radical (unpaired) electrons. The molecule has 4 rings (SSSR count). The van der Waals surface area contributed by atoms with Gasteiger partial charge in [0.25, 0.3) is 0 Å². The van der Waals surface area contributed by atoms with Gasteiger partial charge in [-0.15, -0.1) is 12.1 Å². The van der Waals surface area contributed by atoms with Crippen LogP contribution < -0.4 is 20.9 Å². The number of carbonyl (C=O) groups excluding carboxylic acids is 1. The first kappa shape index (κ1) is 25.0. The number of hydrogen-bond acceptors (Lipinski definition) is 8. The predicted octanol–water partition coefficient (Wildman–Crippen LogP) is 4.87. The highest BCUT2D eigenvalue weighted by atomic mass is 79.9. The number of imidazole rings is 1. The number of hydrazine groups is 2. The van der Waals surface area contributed by atoms with Crippen molar-refractivity contribution < 1.29 is 9.53 Å². The first-order valence-corrected chi connectivity index (χ1v) is 12.2. The number of pyridine rings is 1. The lowest BCUT2D eigenvalue weighted by Gasteiger charge is -2.23. The van der Waals surface area contributed by atoms with Crippen LogP contribution in [-0.4, -0.2) is 41.2 Å². The van der Waals surface area contributed by atoms with Gasteiger partial charge < -0.3 is 14.6 Å². The molecule has 3 heterocycles. The van der Waals surface area contributed by atoms with Crippen LogP contribution in [0.1, 0.15) is 40.3 Å². The summed E-state index contributed by atoms with van der Waals surface area (Å²) in [4.78, 5) is 22.3. The number of fused-ring (bicyclic) bond motifs is 1. The van der Waals surface area contributed by atoms with Crippen molar-refractivity contribution in [2.75, 3.05) is 36.0 Å². The second-order valence-corrected chi connectivity index (χ2v) is 9.22. The average molecular weight is 561 g/mol. The van der Waals surface area contributed by atoms with Crippen molar-refractivity contribution in [3.8, 4) is 0 Å². The summed E-state index contributed by atoms with van der Waals surface area (Å²) < 4.78 is 7.71. The molecule has 0 saturated heterocycles. The van der Waals surface area contributed by atoms with E-state index in [-0.39, 0.29) is 12.3 Å². The van der Waals surface area contributed by atoms with Crippen molar-refractivity contribution >= 4 is 50.8 Å². The van der Waals surface area contributed by atoms with E-state index in [0.29, 0.717) is 27.8 Å². The van der Waals surface area contributed by atoms with Gasteiger partial charge in [0.1, 0.15) is 11.5 Å². The second-order valence-electron chi connectivity index (χ2n) is 8.08. The van der Waals surface area contributed by atoms with Crippen LogP contribution in [0.2, 0.25) is 5.02 Å². The zero-order valence-corrected chi connectivity index (χ0v) is 22.3. The highest BCUT2D eigenvalue weighted by molar-refractivity contribution is 9.10. The van der Waals surface area contributed by atoms with Crippen LogP contribution in [0.4, 0.5) is 17.3 Å². The Morgan fingerprint density at radius 1 is 1.29 bits per heavy atom. The molecule has 11 heteroatoms. The van der Waals surface area contributed by atoms with Crippen LogP contribution in [-0.2, 0) is 11.3 Å². The SMILES string of the molecule is C=CCn1c(Br)nc(C(=O)OCC)c1C(Nc1cc(C)c2c(n1)N(C)NN2C)c1ccc(Cl)cc1. The molecule has 1 aliphatic rings. The molecule has 0 aliphatic carbocycles. The molecule has 184 valence electrons. The molecule has 1 aromatic carbocycles. The quantitative estimate of drug-likeness (QED) is 0.298. The van der Waals surface area contributed by atoms with Crippen LogP contribution in [0.3, 0.4) is 0 Å². The second kappa shape index (κ2) is 10.3. The number of aromatic nitrogens is 3. The van der Waals surface area contributed by atoms with Gasteiger partial charge in [-0.25, -0.2) is 14.8 Å². The number of carbonyl (C=O) groups is 1. The van der Waals surface area contributed by atoms with Gasteiger partial charge in [0.15, 0.2) is 16.2 Å². The number of nitrogens with zero attached hydrogens (tertiary/aromatic N) is 5. The molecule has 1 atom stereocenters. The standard InChI is InChI=1S/C24H27BrClN7O2/c1-6-12-33-21(19(29-24(33)25)23(34)35-7-2)18(15-8-10-16(26)11-9-15)27-17-13-14(3)20-22(28-17)32(5)30-31(20)4/h6,8-11,13,18,30H,1,7,12H2,2-5H3,(H,27,28). The summed E-state index contributed by atoms with van der Waals surface area (Å²) in [7, 11) is 3.85. The number of benzene rings is 1. The Labute approximate surface area is 217 Å². The Balaban J connectivity index is 1.88. The number of hydrogen-bond donors (Lipinski definition) is 2. The highest BCUT2D eigenvalue weighted by Crippen LogP contribution is 2.37. The molecular formula is C24H27BrClN7O2. The third kappa shape index (κ3) is 4.86. The predicted molar refractivity (Wildman–Crippen MR) is 142 cm³/mol. The number of rotatable bonds is 8. The summed E-state index contributed by atoms with van der Waals surface area (Å²) in [5.74, 6) is 0.925.